The Labute approximate surface area is 218 Å². The van der Waals surface area contributed by atoms with Gasteiger partial charge in [-0.2, -0.15) is 0 Å². The van der Waals surface area contributed by atoms with Crippen LogP contribution in [0.5, 0.6) is 11.5 Å². The number of ether oxygens (including phenoxy) is 2. The number of carbonyl (C=O) groups excluding carboxylic acids is 1. The summed E-state index contributed by atoms with van der Waals surface area (Å²) < 4.78 is 13.1. The summed E-state index contributed by atoms with van der Waals surface area (Å²) in [6, 6.07) is 25.0. The van der Waals surface area contributed by atoms with Gasteiger partial charge in [-0.1, -0.05) is 48.9 Å². The van der Waals surface area contributed by atoms with Crippen molar-refractivity contribution in [3.05, 3.63) is 116 Å². The molecule has 1 N–H and O–H groups in total. The van der Waals surface area contributed by atoms with Crippen molar-refractivity contribution >= 4 is 29.1 Å². The monoisotopic (exact) mass is 519 g/mol. The van der Waals surface area contributed by atoms with Crippen molar-refractivity contribution in [2.24, 2.45) is 5.92 Å². The number of anilines is 2. The molecule has 0 spiro atoms. The summed E-state index contributed by atoms with van der Waals surface area (Å²) in [6.07, 6.45) is 0. The second kappa shape index (κ2) is 11.6. The summed E-state index contributed by atoms with van der Waals surface area (Å²) >= 11 is 6.01. The van der Waals surface area contributed by atoms with Crippen LogP contribution in [0.25, 0.3) is 0 Å². The Kier molecular flexibility index (Phi) is 8.10. The lowest BCUT2D eigenvalue weighted by Crippen LogP contribution is -2.42. The van der Waals surface area contributed by atoms with E-state index in [0.717, 1.165) is 10.1 Å². The van der Waals surface area contributed by atoms with Crippen LogP contribution in [0.4, 0.5) is 11.5 Å². The molecular weight excluding hydrogens is 494 g/mol. The Morgan fingerprint density at radius 3 is 2.22 bits per heavy atom. The van der Waals surface area contributed by atoms with E-state index in [2.05, 4.69) is 5.32 Å². The third-order valence-electron chi connectivity index (χ3n) is 5.70. The highest BCUT2D eigenvalue weighted by Crippen LogP contribution is 2.24. The lowest BCUT2D eigenvalue weighted by molar-refractivity contribution is -0.145. The van der Waals surface area contributed by atoms with Gasteiger partial charge in [0.15, 0.2) is 0 Å². The summed E-state index contributed by atoms with van der Waals surface area (Å²) in [4.78, 5) is 38.3. The fourth-order valence-electron chi connectivity index (χ4n) is 3.74. The Morgan fingerprint density at radius 2 is 1.57 bits per heavy atom. The maximum atomic E-state index is 13.5. The van der Waals surface area contributed by atoms with Gasteiger partial charge in [0.1, 0.15) is 17.3 Å². The van der Waals surface area contributed by atoms with Gasteiger partial charge >= 0.3 is 11.7 Å². The van der Waals surface area contributed by atoms with Crippen LogP contribution in [0, 0.1) is 5.92 Å². The number of para-hydroxylation sites is 1. The van der Waals surface area contributed by atoms with Crippen molar-refractivity contribution in [1.29, 1.82) is 0 Å². The molecule has 0 saturated carbocycles. The van der Waals surface area contributed by atoms with E-state index in [1.807, 2.05) is 30.3 Å². The minimum absolute atomic E-state index is 0.100. The number of methoxy groups -OCH3 is 1. The first-order chi connectivity index (χ1) is 17.8. The van der Waals surface area contributed by atoms with Crippen LogP contribution in [0.15, 0.2) is 94.5 Å². The van der Waals surface area contributed by atoms with Gasteiger partial charge in [-0.15, -0.1) is 0 Å². The Bertz CT molecular complexity index is 1480. The summed E-state index contributed by atoms with van der Waals surface area (Å²) in [5.41, 5.74) is 0.390. The molecule has 1 atom stereocenters. The Hall–Kier alpha value is -4.30. The zero-order valence-electron chi connectivity index (χ0n) is 20.4. The molecule has 37 heavy (non-hydrogen) atoms. The number of aromatic nitrogens is 2. The molecule has 0 saturated heterocycles. The van der Waals surface area contributed by atoms with Crippen molar-refractivity contribution in [3.8, 4) is 11.5 Å². The first-order valence-electron chi connectivity index (χ1n) is 11.6. The molecule has 1 heterocycles. The molecule has 4 rings (SSSR count). The van der Waals surface area contributed by atoms with E-state index in [1.165, 1.54) is 17.7 Å². The van der Waals surface area contributed by atoms with Gasteiger partial charge < -0.3 is 14.8 Å². The average Bonchev–Trinajstić information content (AvgIpc) is 2.91. The first kappa shape index (κ1) is 25.8. The summed E-state index contributed by atoms with van der Waals surface area (Å²) in [7, 11) is 1.27. The average molecular weight is 520 g/mol. The van der Waals surface area contributed by atoms with Gasteiger partial charge in [-0.3, -0.25) is 18.7 Å². The maximum absolute atomic E-state index is 13.5. The van der Waals surface area contributed by atoms with E-state index in [4.69, 9.17) is 21.1 Å². The highest BCUT2D eigenvalue weighted by atomic mass is 35.5. The molecule has 0 unspecified atom stereocenters. The molecule has 0 radical (unpaired) electrons. The van der Waals surface area contributed by atoms with Crippen LogP contribution < -0.4 is 21.3 Å². The zero-order chi connectivity index (χ0) is 26.4. The molecule has 9 heteroatoms. The molecule has 0 fully saturated rings. The molecule has 8 nitrogen and oxygen atoms in total. The van der Waals surface area contributed by atoms with Crippen molar-refractivity contribution < 1.29 is 14.3 Å². The number of halogens is 1. The van der Waals surface area contributed by atoms with E-state index >= 15 is 0 Å². The van der Waals surface area contributed by atoms with Gasteiger partial charge in [-0.25, -0.2) is 4.79 Å². The van der Waals surface area contributed by atoms with Gasteiger partial charge in [0.25, 0.3) is 5.56 Å². The SMILES string of the molecule is COC(=O)[C@@H](C)Cn1c(=O)cc(Nc2ccc(Oc3ccccc3)cc2)n(Cc2ccc(Cl)cc2)c1=O. The molecule has 4 aromatic rings. The number of nitrogens with zero attached hydrogens (tertiary/aromatic N) is 2. The van der Waals surface area contributed by atoms with E-state index in [1.54, 1.807) is 55.5 Å². The highest BCUT2D eigenvalue weighted by molar-refractivity contribution is 6.30. The van der Waals surface area contributed by atoms with Crippen LogP contribution >= 0.6 is 11.6 Å². The number of hydrogen-bond donors (Lipinski definition) is 1. The molecule has 0 bridgehead atoms. The largest absolute Gasteiger partial charge is 0.469 e. The fourth-order valence-corrected chi connectivity index (χ4v) is 3.87. The van der Waals surface area contributed by atoms with E-state index in [9.17, 15) is 14.4 Å². The molecule has 1 aromatic heterocycles. The number of benzene rings is 3. The molecular formula is C28H26ClN3O5. The molecule has 0 aliphatic rings. The van der Waals surface area contributed by atoms with Crippen LogP contribution in [0.1, 0.15) is 12.5 Å². The second-order valence-electron chi connectivity index (χ2n) is 8.46. The third-order valence-corrected chi connectivity index (χ3v) is 5.95. The van der Waals surface area contributed by atoms with Crippen LogP contribution in [-0.4, -0.2) is 22.2 Å². The van der Waals surface area contributed by atoms with Crippen LogP contribution in [0.3, 0.4) is 0 Å². The van der Waals surface area contributed by atoms with Crippen molar-refractivity contribution in [2.45, 2.75) is 20.0 Å². The van der Waals surface area contributed by atoms with E-state index in [-0.39, 0.29) is 13.1 Å². The van der Waals surface area contributed by atoms with Gasteiger partial charge in [0.2, 0.25) is 0 Å². The molecule has 0 aliphatic heterocycles. The minimum atomic E-state index is -0.671. The predicted octanol–water partition coefficient (Wildman–Crippen LogP) is 5.06. The molecule has 0 aliphatic carbocycles. The van der Waals surface area contributed by atoms with Gasteiger partial charge in [-0.05, 0) is 54.1 Å². The van der Waals surface area contributed by atoms with E-state index < -0.39 is 23.1 Å². The number of carbonyl (C=O) groups is 1. The van der Waals surface area contributed by atoms with Crippen LogP contribution in [-0.2, 0) is 22.6 Å². The molecule has 0 amide bonds. The van der Waals surface area contributed by atoms with Crippen molar-refractivity contribution in [2.75, 3.05) is 12.4 Å². The van der Waals surface area contributed by atoms with Gasteiger partial charge in [0.05, 0.1) is 19.6 Å². The fraction of sp³-hybridized carbons (Fsp3) is 0.179. The predicted molar refractivity (Wildman–Crippen MR) is 143 cm³/mol. The highest BCUT2D eigenvalue weighted by Gasteiger charge is 2.19. The van der Waals surface area contributed by atoms with Crippen molar-refractivity contribution in [1.82, 2.24) is 9.13 Å². The Balaban J connectivity index is 1.66. The number of rotatable bonds is 9. The lowest BCUT2D eigenvalue weighted by Gasteiger charge is -2.18. The third kappa shape index (κ3) is 6.48. The van der Waals surface area contributed by atoms with Crippen LogP contribution in [0.2, 0.25) is 5.02 Å². The zero-order valence-corrected chi connectivity index (χ0v) is 21.1. The van der Waals surface area contributed by atoms with Crippen molar-refractivity contribution in [3.63, 3.8) is 0 Å². The lowest BCUT2D eigenvalue weighted by atomic mass is 10.2. The maximum Gasteiger partial charge on any atom is 0.332 e. The number of nitrogens with one attached hydrogen (secondary N) is 1. The summed E-state index contributed by atoms with van der Waals surface area (Å²) in [5.74, 6) is 0.488. The minimum Gasteiger partial charge on any atom is -0.469 e. The first-order valence-corrected chi connectivity index (χ1v) is 12.0. The summed E-state index contributed by atoms with van der Waals surface area (Å²) in [6.45, 7) is 1.68. The topological polar surface area (TPSA) is 91.6 Å². The Morgan fingerprint density at radius 1 is 0.919 bits per heavy atom. The standard InChI is InChI=1S/C28H26ClN3O5/c1-19(27(34)36-2)17-32-26(33)16-25(31(28(32)35)18-20-8-10-21(29)11-9-20)30-22-12-14-24(15-13-22)37-23-6-4-3-5-7-23/h3-16,19,30H,17-18H2,1-2H3/t19-/m0/s1. The quantitative estimate of drug-likeness (QED) is 0.311. The van der Waals surface area contributed by atoms with E-state index in [0.29, 0.717) is 28.0 Å². The normalized spacial score (nSPS) is 11.5. The van der Waals surface area contributed by atoms with Gasteiger partial charge in [0, 0.05) is 23.3 Å². The summed E-state index contributed by atoms with van der Waals surface area (Å²) in [5, 5.41) is 3.74. The number of esters is 1. The smallest absolute Gasteiger partial charge is 0.332 e. The molecule has 3 aromatic carbocycles. The number of hydrogen-bond acceptors (Lipinski definition) is 6. The molecule has 190 valence electrons. The second-order valence-corrected chi connectivity index (χ2v) is 8.90.